The molecule has 1 saturated heterocycles. The fourth-order valence-corrected chi connectivity index (χ4v) is 3.68. The van der Waals surface area contributed by atoms with Gasteiger partial charge in [-0.1, -0.05) is 24.1 Å². The average Bonchev–Trinajstić information content (AvgIpc) is 2.88. The molecule has 2 nitrogen and oxygen atoms in total. The van der Waals surface area contributed by atoms with Gasteiger partial charge in [0.05, 0.1) is 10.7 Å². The summed E-state index contributed by atoms with van der Waals surface area (Å²) in [7, 11) is 0. The number of carbonyl (C=O) groups is 1. The fourth-order valence-electron chi connectivity index (χ4n) is 3.38. The number of rotatable bonds is 2. The summed E-state index contributed by atoms with van der Waals surface area (Å²) in [5.74, 6) is 1.62. The molecule has 90 valence electrons. The highest BCUT2D eigenvalue weighted by Crippen LogP contribution is 2.42. The van der Waals surface area contributed by atoms with Gasteiger partial charge >= 0.3 is 0 Å². The summed E-state index contributed by atoms with van der Waals surface area (Å²) in [5, 5.41) is 0.703. The van der Waals surface area contributed by atoms with E-state index in [0.717, 1.165) is 42.5 Å². The Balaban J connectivity index is 1.92. The average molecular weight is 250 g/mol. The molecule has 0 bridgehead atoms. The van der Waals surface area contributed by atoms with Crippen molar-refractivity contribution in [1.82, 2.24) is 0 Å². The fraction of sp³-hybridized carbons (Fsp3) is 0.500. The van der Waals surface area contributed by atoms with Crippen molar-refractivity contribution in [2.75, 3.05) is 18.0 Å². The van der Waals surface area contributed by atoms with E-state index in [-0.39, 0.29) is 0 Å². The lowest BCUT2D eigenvalue weighted by Gasteiger charge is -2.22. The van der Waals surface area contributed by atoms with E-state index in [4.69, 9.17) is 11.6 Å². The third-order valence-corrected chi connectivity index (χ3v) is 4.49. The predicted molar refractivity (Wildman–Crippen MR) is 69.9 cm³/mol. The summed E-state index contributed by atoms with van der Waals surface area (Å²) in [4.78, 5) is 13.4. The predicted octanol–water partition coefficient (Wildman–Crippen LogP) is 3.39. The van der Waals surface area contributed by atoms with Gasteiger partial charge in [-0.25, -0.2) is 0 Å². The summed E-state index contributed by atoms with van der Waals surface area (Å²) in [6, 6.07) is 5.56. The van der Waals surface area contributed by atoms with Crippen LogP contribution in [-0.4, -0.2) is 19.4 Å². The lowest BCUT2D eigenvalue weighted by Crippen LogP contribution is -2.22. The second-order valence-corrected chi connectivity index (χ2v) is 5.56. The summed E-state index contributed by atoms with van der Waals surface area (Å²) < 4.78 is 0. The van der Waals surface area contributed by atoms with E-state index in [2.05, 4.69) is 4.90 Å². The maximum atomic E-state index is 11.1. The number of hydrogen-bond acceptors (Lipinski definition) is 2. The first-order chi connectivity index (χ1) is 8.29. The molecule has 1 aromatic carbocycles. The monoisotopic (exact) mass is 249 g/mol. The van der Waals surface area contributed by atoms with Crippen molar-refractivity contribution < 1.29 is 4.79 Å². The minimum atomic E-state index is 0.703. The second kappa shape index (κ2) is 4.34. The maximum Gasteiger partial charge on any atom is 0.152 e. The molecule has 1 aliphatic heterocycles. The standard InChI is InChI=1S/C14H16ClNO/c15-13-6-2-5-12(9-17)14(13)16-7-10-3-1-4-11(10)8-16/h2,5-6,9-11H,1,3-4,7-8H2. The number of fused-ring (bicyclic) bond motifs is 1. The Morgan fingerprint density at radius 2 is 1.94 bits per heavy atom. The number of hydrogen-bond donors (Lipinski definition) is 0. The molecular formula is C14H16ClNO. The molecule has 0 aromatic heterocycles. The van der Waals surface area contributed by atoms with E-state index in [1.54, 1.807) is 0 Å². The largest absolute Gasteiger partial charge is 0.369 e. The van der Waals surface area contributed by atoms with Crippen molar-refractivity contribution in [2.45, 2.75) is 19.3 Å². The Labute approximate surface area is 107 Å². The van der Waals surface area contributed by atoms with Gasteiger partial charge in [-0.2, -0.15) is 0 Å². The van der Waals surface area contributed by atoms with Gasteiger partial charge in [0.2, 0.25) is 0 Å². The van der Waals surface area contributed by atoms with Gasteiger partial charge in [0.1, 0.15) is 0 Å². The molecule has 1 aromatic rings. The van der Waals surface area contributed by atoms with Crippen LogP contribution in [0.2, 0.25) is 5.02 Å². The third-order valence-electron chi connectivity index (χ3n) is 4.19. The van der Waals surface area contributed by atoms with Crippen molar-refractivity contribution in [3.05, 3.63) is 28.8 Å². The van der Waals surface area contributed by atoms with Crippen molar-refractivity contribution >= 4 is 23.6 Å². The van der Waals surface area contributed by atoms with Crippen LogP contribution < -0.4 is 4.90 Å². The molecule has 0 amide bonds. The van der Waals surface area contributed by atoms with Crippen LogP contribution >= 0.6 is 11.6 Å². The summed E-state index contributed by atoms with van der Waals surface area (Å²) in [6.07, 6.45) is 4.95. The van der Waals surface area contributed by atoms with Gasteiger partial charge in [-0.05, 0) is 36.8 Å². The van der Waals surface area contributed by atoms with Gasteiger partial charge < -0.3 is 4.90 Å². The molecule has 0 spiro atoms. The van der Waals surface area contributed by atoms with Gasteiger partial charge in [0, 0.05) is 18.7 Å². The zero-order valence-corrected chi connectivity index (χ0v) is 10.5. The Hall–Kier alpha value is -1.02. The van der Waals surface area contributed by atoms with E-state index in [1.807, 2.05) is 18.2 Å². The van der Waals surface area contributed by atoms with Crippen molar-refractivity contribution in [1.29, 1.82) is 0 Å². The van der Waals surface area contributed by atoms with Crippen LogP contribution in [0.1, 0.15) is 29.6 Å². The Kier molecular flexibility index (Phi) is 2.83. The van der Waals surface area contributed by atoms with Gasteiger partial charge in [-0.15, -0.1) is 0 Å². The number of benzene rings is 1. The van der Waals surface area contributed by atoms with Crippen LogP contribution in [0.5, 0.6) is 0 Å². The summed E-state index contributed by atoms with van der Waals surface area (Å²) in [6.45, 7) is 2.13. The Morgan fingerprint density at radius 3 is 2.59 bits per heavy atom. The van der Waals surface area contributed by atoms with Crippen LogP contribution in [0, 0.1) is 11.8 Å². The highest BCUT2D eigenvalue weighted by molar-refractivity contribution is 6.33. The molecule has 2 fully saturated rings. The van der Waals surface area contributed by atoms with Crippen molar-refractivity contribution in [2.24, 2.45) is 11.8 Å². The molecule has 1 aliphatic carbocycles. The minimum Gasteiger partial charge on any atom is -0.369 e. The SMILES string of the molecule is O=Cc1cccc(Cl)c1N1CC2CCCC2C1. The maximum absolute atomic E-state index is 11.1. The van der Waals surface area contributed by atoms with Crippen LogP contribution in [0.3, 0.4) is 0 Å². The molecule has 2 unspecified atom stereocenters. The van der Waals surface area contributed by atoms with Crippen LogP contribution in [0.4, 0.5) is 5.69 Å². The molecule has 1 heterocycles. The number of nitrogens with zero attached hydrogens (tertiary/aromatic N) is 1. The molecule has 0 radical (unpaired) electrons. The lowest BCUT2D eigenvalue weighted by molar-refractivity contribution is 0.112. The topological polar surface area (TPSA) is 20.3 Å². The molecule has 17 heavy (non-hydrogen) atoms. The zero-order valence-electron chi connectivity index (χ0n) is 9.73. The normalized spacial score (nSPS) is 27.2. The van der Waals surface area contributed by atoms with E-state index in [0.29, 0.717) is 5.02 Å². The molecule has 3 heteroatoms. The minimum absolute atomic E-state index is 0.703. The smallest absolute Gasteiger partial charge is 0.152 e. The number of carbonyl (C=O) groups excluding carboxylic acids is 1. The first-order valence-electron chi connectivity index (χ1n) is 6.28. The lowest BCUT2D eigenvalue weighted by atomic mass is 10.0. The molecule has 3 rings (SSSR count). The van der Waals surface area contributed by atoms with Crippen LogP contribution in [0.25, 0.3) is 0 Å². The Morgan fingerprint density at radius 1 is 1.24 bits per heavy atom. The van der Waals surface area contributed by atoms with Crippen molar-refractivity contribution in [3.63, 3.8) is 0 Å². The Bertz CT molecular complexity index is 434. The van der Waals surface area contributed by atoms with Crippen LogP contribution in [0.15, 0.2) is 18.2 Å². The van der Waals surface area contributed by atoms with Crippen LogP contribution in [-0.2, 0) is 0 Å². The molecule has 2 aliphatic rings. The number of para-hydroxylation sites is 1. The molecule has 2 atom stereocenters. The van der Waals surface area contributed by atoms with Gasteiger partial charge in [0.25, 0.3) is 0 Å². The number of aldehydes is 1. The van der Waals surface area contributed by atoms with Gasteiger partial charge in [0.15, 0.2) is 6.29 Å². The number of anilines is 1. The van der Waals surface area contributed by atoms with E-state index < -0.39 is 0 Å². The molecule has 0 N–H and O–H groups in total. The van der Waals surface area contributed by atoms with Gasteiger partial charge in [-0.3, -0.25) is 4.79 Å². The zero-order chi connectivity index (χ0) is 11.8. The highest BCUT2D eigenvalue weighted by atomic mass is 35.5. The van der Waals surface area contributed by atoms with E-state index in [9.17, 15) is 4.79 Å². The van der Waals surface area contributed by atoms with E-state index in [1.165, 1.54) is 19.3 Å². The highest BCUT2D eigenvalue weighted by Gasteiger charge is 2.37. The summed E-state index contributed by atoms with van der Waals surface area (Å²) in [5.41, 5.74) is 1.66. The third kappa shape index (κ3) is 1.85. The molecule has 1 saturated carbocycles. The first-order valence-corrected chi connectivity index (χ1v) is 6.66. The molecular weight excluding hydrogens is 234 g/mol. The second-order valence-electron chi connectivity index (χ2n) is 5.15. The van der Waals surface area contributed by atoms with E-state index >= 15 is 0 Å². The summed E-state index contributed by atoms with van der Waals surface area (Å²) >= 11 is 6.24. The van der Waals surface area contributed by atoms with Crippen molar-refractivity contribution in [3.8, 4) is 0 Å². The number of halogens is 1. The first kappa shape index (κ1) is 11.1. The quantitative estimate of drug-likeness (QED) is 0.749.